The Morgan fingerprint density at radius 2 is 2.00 bits per heavy atom. The summed E-state index contributed by atoms with van der Waals surface area (Å²) < 4.78 is 0. The van der Waals surface area contributed by atoms with Crippen LogP contribution in [0.1, 0.15) is 38.7 Å². The molecule has 0 spiro atoms. The van der Waals surface area contributed by atoms with E-state index in [1.54, 1.807) is 0 Å². The average molecular weight is 366 g/mol. The van der Waals surface area contributed by atoms with Gasteiger partial charge < -0.3 is 5.32 Å². The molecule has 1 aliphatic carbocycles. The Balaban J connectivity index is 1.69. The average Bonchev–Trinajstić information content (AvgIpc) is 2.56. The molecule has 0 radical (unpaired) electrons. The maximum Gasteiger partial charge on any atom is 0.248 e. The molecule has 2 rings (SSSR count). The van der Waals surface area contributed by atoms with E-state index in [-0.39, 0.29) is 5.91 Å². The molecule has 1 fully saturated rings. The largest absolute Gasteiger partial charge is 0.358 e. The summed E-state index contributed by atoms with van der Waals surface area (Å²) in [5.74, 6) is 1.57. The van der Waals surface area contributed by atoms with Crippen LogP contribution in [0.15, 0.2) is 29.2 Å². The van der Waals surface area contributed by atoms with E-state index in [4.69, 9.17) is 12.2 Å². The molecule has 0 saturated heterocycles. The number of hydrazine groups is 1. The maximum atomic E-state index is 12.0. The number of benzene rings is 1. The molecule has 0 unspecified atom stereocenters. The van der Waals surface area contributed by atoms with Crippen molar-refractivity contribution in [3.8, 4) is 0 Å². The predicted molar refractivity (Wildman–Crippen MR) is 105 cm³/mol. The van der Waals surface area contributed by atoms with Gasteiger partial charge in [-0.05, 0) is 49.0 Å². The molecule has 1 amide bonds. The minimum atomic E-state index is -0.0857. The topological polar surface area (TPSA) is 53.2 Å². The van der Waals surface area contributed by atoms with Gasteiger partial charge in [-0.15, -0.1) is 11.8 Å². The molecule has 0 bridgehead atoms. The Hall–Kier alpha value is -1.27. The van der Waals surface area contributed by atoms with Crippen LogP contribution in [0.3, 0.4) is 0 Å². The highest BCUT2D eigenvalue weighted by Crippen LogP contribution is 2.29. The van der Waals surface area contributed by atoms with Gasteiger partial charge in [0.05, 0.1) is 5.75 Å². The quantitative estimate of drug-likeness (QED) is 0.434. The van der Waals surface area contributed by atoms with Crippen molar-refractivity contribution in [2.75, 3.05) is 5.75 Å². The zero-order valence-corrected chi connectivity index (χ0v) is 16.2. The highest BCUT2D eigenvalue weighted by molar-refractivity contribution is 8.00. The number of carbonyl (C=O) groups excluding carboxylic acids is 1. The van der Waals surface area contributed by atoms with Gasteiger partial charge in [-0.1, -0.05) is 44.9 Å². The van der Waals surface area contributed by atoms with Gasteiger partial charge in [0.2, 0.25) is 5.91 Å². The lowest BCUT2D eigenvalue weighted by Gasteiger charge is -2.35. The standard InChI is InChI=1S/C18H27N3OS2/c1-12-8-6-9-15(14(12)3)19-18(23)21-20-17(22)11-24-16-10-5-4-7-13(16)2/h4-5,7,10,12,14-15H,6,8-9,11H2,1-3H3,(H,20,22)(H2,19,21,23)/t12-,14-,15-/m0/s1. The molecule has 1 saturated carbocycles. The molecule has 0 heterocycles. The lowest BCUT2D eigenvalue weighted by molar-refractivity contribution is -0.119. The highest BCUT2D eigenvalue weighted by atomic mass is 32.2. The number of hydrogen-bond donors (Lipinski definition) is 3. The number of amides is 1. The summed E-state index contributed by atoms with van der Waals surface area (Å²) in [6.45, 7) is 6.60. The second-order valence-electron chi connectivity index (χ2n) is 6.57. The van der Waals surface area contributed by atoms with Crippen LogP contribution in [0, 0.1) is 18.8 Å². The normalized spacial score (nSPS) is 23.4. The minimum absolute atomic E-state index is 0.0857. The molecule has 1 aromatic rings. The van der Waals surface area contributed by atoms with Crippen LogP contribution in [-0.4, -0.2) is 22.8 Å². The Kier molecular flexibility index (Phi) is 7.37. The minimum Gasteiger partial charge on any atom is -0.358 e. The van der Waals surface area contributed by atoms with Gasteiger partial charge >= 0.3 is 0 Å². The van der Waals surface area contributed by atoms with Crippen molar-refractivity contribution >= 4 is 35.0 Å². The van der Waals surface area contributed by atoms with Gasteiger partial charge in [-0.2, -0.15) is 0 Å². The first-order valence-corrected chi connectivity index (χ1v) is 9.90. The third-order valence-electron chi connectivity index (χ3n) is 4.79. The van der Waals surface area contributed by atoms with Crippen LogP contribution in [0.2, 0.25) is 0 Å². The highest BCUT2D eigenvalue weighted by Gasteiger charge is 2.27. The molecule has 3 N–H and O–H groups in total. The summed E-state index contributed by atoms with van der Waals surface area (Å²) in [5.41, 5.74) is 6.68. The molecule has 1 aromatic carbocycles. The van der Waals surface area contributed by atoms with Gasteiger partial charge in [-0.25, -0.2) is 0 Å². The fourth-order valence-corrected chi connectivity index (χ4v) is 4.05. The van der Waals surface area contributed by atoms with Gasteiger partial charge in [0.1, 0.15) is 0 Å². The first-order valence-electron chi connectivity index (χ1n) is 8.51. The second kappa shape index (κ2) is 9.28. The summed E-state index contributed by atoms with van der Waals surface area (Å²) in [6.07, 6.45) is 3.64. The zero-order chi connectivity index (χ0) is 17.5. The number of nitrogens with one attached hydrogen (secondary N) is 3. The Labute approximate surface area is 154 Å². The number of thioether (sulfide) groups is 1. The van der Waals surface area contributed by atoms with E-state index in [2.05, 4.69) is 30.0 Å². The molecule has 4 nitrogen and oxygen atoms in total. The second-order valence-corrected chi connectivity index (χ2v) is 8.00. The van der Waals surface area contributed by atoms with Gasteiger partial charge in [0, 0.05) is 10.9 Å². The van der Waals surface area contributed by atoms with E-state index in [0.29, 0.717) is 28.7 Å². The summed E-state index contributed by atoms with van der Waals surface area (Å²) in [7, 11) is 0. The van der Waals surface area contributed by atoms with Crippen LogP contribution < -0.4 is 16.2 Å². The third kappa shape index (κ3) is 5.67. The summed E-state index contributed by atoms with van der Waals surface area (Å²) in [5, 5.41) is 3.83. The molecular formula is C18H27N3OS2. The molecular weight excluding hydrogens is 338 g/mol. The van der Waals surface area contributed by atoms with Crippen molar-refractivity contribution in [2.45, 2.75) is 51.0 Å². The van der Waals surface area contributed by atoms with E-state index >= 15 is 0 Å². The van der Waals surface area contributed by atoms with Crippen molar-refractivity contribution in [3.63, 3.8) is 0 Å². The van der Waals surface area contributed by atoms with Crippen LogP contribution in [0.4, 0.5) is 0 Å². The van der Waals surface area contributed by atoms with Gasteiger partial charge in [0.15, 0.2) is 5.11 Å². The Bertz CT molecular complexity index is 579. The monoisotopic (exact) mass is 365 g/mol. The smallest absolute Gasteiger partial charge is 0.248 e. The molecule has 132 valence electrons. The van der Waals surface area contributed by atoms with E-state index < -0.39 is 0 Å². The van der Waals surface area contributed by atoms with E-state index in [0.717, 1.165) is 11.3 Å². The molecule has 1 aliphatic rings. The Morgan fingerprint density at radius 3 is 2.75 bits per heavy atom. The number of hydrogen-bond acceptors (Lipinski definition) is 3. The van der Waals surface area contributed by atoms with Crippen molar-refractivity contribution in [1.29, 1.82) is 0 Å². The van der Waals surface area contributed by atoms with E-state index in [1.807, 2.05) is 31.2 Å². The first kappa shape index (κ1) is 19.1. The van der Waals surface area contributed by atoms with Crippen LogP contribution in [-0.2, 0) is 4.79 Å². The zero-order valence-electron chi connectivity index (χ0n) is 14.6. The van der Waals surface area contributed by atoms with Crippen molar-refractivity contribution in [3.05, 3.63) is 29.8 Å². The fraction of sp³-hybridized carbons (Fsp3) is 0.556. The number of aryl methyl sites for hydroxylation is 1. The van der Waals surface area contributed by atoms with Crippen molar-refractivity contribution < 1.29 is 4.79 Å². The van der Waals surface area contributed by atoms with E-state index in [9.17, 15) is 4.79 Å². The maximum absolute atomic E-state index is 12.0. The predicted octanol–water partition coefficient (Wildman–Crippen LogP) is 3.41. The summed E-state index contributed by atoms with van der Waals surface area (Å²) >= 11 is 6.83. The SMILES string of the molecule is Cc1ccccc1SCC(=O)NNC(=S)N[C@H]1CCC[C@H](C)[C@@H]1C. The molecule has 24 heavy (non-hydrogen) atoms. The van der Waals surface area contributed by atoms with Gasteiger partial charge in [-0.3, -0.25) is 15.6 Å². The molecule has 0 aliphatic heterocycles. The fourth-order valence-electron chi connectivity index (χ4n) is 3.01. The molecule has 6 heteroatoms. The Morgan fingerprint density at radius 1 is 1.25 bits per heavy atom. The number of thiocarbonyl (C=S) groups is 1. The lowest BCUT2D eigenvalue weighted by atomic mass is 9.78. The lowest BCUT2D eigenvalue weighted by Crippen LogP contribution is -2.52. The number of carbonyl (C=O) groups is 1. The first-order chi connectivity index (χ1) is 11.5. The van der Waals surface area contributed by atoms with Crippen LogP contribution in [0.5, 0.6) is 0 Å². The van der Waals surface area contributed by atoms with E-state index in [1.165, 1.54) is 30.2 Å². The number of rotatable bonds is 4. The molecule has 0 aromatic heterocycles. The third-order valence-corrected chi connectivity index (χ3v) is 6.19. The summed E-state index contributed by atoms with van der Waals surface area (Å²) in [4.78, 5) is 13.1. The van der Waals surface area contributed by atoms with Gasteiger partial charge in [0.25, 0.3) is 0 Å². The van der Waals surface area contributed by atoms with Crippen molar-refractivity contribution in [2.24, 2.45) is 11.8 Å². The van der Waals surface area contributed by atoms with Crippen LogP contribution >= 0.6 is 24.0 Å². The molecule has 3 atom stereocenters. The van der Waals surface area contributed by atoms with Crippen molar-refractivity contribution in [1.82, 2.24) is 16.2 Å². The van der Waals surface area contributed by atoms with Crippen LogP contribution in [0.25, 0.3) is 0 Å². The summed E-state index contributed by atoms with van der Waals surface area (Å²) in [6, 6.07) is 8.43.